The minimum absolute atomic E-state index is 0.500. The molecule has 0 aromatic heterocycles. The van der Waals surface area contributed by atoms with Crippen LogP contribution in [0.1, 0.15) is 13.8 Å². The predicted molar refractivity (Wildman–Crippen MR) is 71.3 cm³/mol. The first kappa shape index (κ1) is 17.2. The van der Waals surface area contributed by atoms with E-state index >= 15 is 0 Å². The van der Waals surface area contributed by atoms with Crippen molar-refractivity contribution in [1.29, 1.82) is 0 Å². The van der Waals surface area contributed by atoms with Gasteiger partial charge in [-0.2, -0.15) is 0 Å². The van der Waals surface area contributed by atoms with E-state index in [9.17, 15) is 0 Å². The van der Waals surface area contributed by atoms with Crippen molar-refractivity contribution in [2.24, 2.45) is 0 Å². The van der Waals surface area contributed by atoms with Crippen molar-refractivity contribution in [3.63, 3.8) is 0 Å². The van der Waals surface area contributed by atoms with Crippen molar-refractivity contribution in [2.75, 3.05) is 39.9 Å². The summed E-state index contributed by atoms with van der Waals surface area (Å²) >= 11 is 0. The van der Waals surface area contributed by atoms with Crippen LogP contribution in [0.5, 0.6) is 0 Å². The van der Waals surface area contributed by atoms with Crippen LogP contribution >= 0.6 is 0 Å². The fraction of sp³-hybridized carbons (Fsp3) is 1.00. The molecule has 0 aromatic rings. The van der Waals surface area contributed by atoms with Crippen molar-refractivity contribution >= 4 is 17.1 Å². The Kier molecular flexibility index (Phi) is 8.47. The molecule has 104 valence electrons. The highest BCUT2D eigenvalue weighted by Crippen LogP contribution is 2.17. The molecule has 0 rings (SSSR count). The smallest absolute Gasteiger partial charge is 0.352 e. The average molecular weight is 282 g/mol. The van der Waals surface area contributed by atoms with E-state index in [4.69, 9.17) is 22.4 Å². The monoisotopic (exact) mass is 282 g/mol. The molecule has 0 spiro atoms. The Labute approximate surface area is 107 Å². The molecule has 0 heterocycles. The molecule has 5 nitrogen and oxygen atoms in total. The largest absolute Gasteiger partial charge is 0.412 e. The number of hydrogen-bond acceptors (Lipinski definition) is 5. The van der Waals surface area contributed by atoms with Gasteiger partial charge in [0.2, 0.25) is 0 Å². The van der Waals surface area contributed by atoms with E-state index in [2.05, 4.69) is 0 Å². The van der Waals surface area contributed by atoms with Crippen LogP contribution < -0.4 is 0 Å². The van der Waals surface area contributed by atoms with Crippen LogP contribution in [0.2, 0.25) is 13.1 Å². The van der Waals surface area contributed by atoms with Gasteiger partial charge in [-0.1, -0.05) is 0 Å². The maximum Gasteiger partial charge on any atom is 0.352 e. The van der Waals surface area contributed by atoms with Crippen molar-refractivity contribution in [3.8, 4) is 0 Å². The van der Waals surface area contributed by atoms with Gasteiger partial charge < -0.3 is 22.4 Å². The minimum atomic E-state index is -2.32. The highest BCUT2D eigenvalue weighted by molar-refractivity contribution is 6.80. The van der Waals surface area contributed by atoms with Crippen LogP contribution in [-0.4, -0.2) is 57.0 Å². The van der Waals surface area contributed by atoms with Gasteiger partial charge >= 0.3 is 17.1 Å². The van der Waals surface area contributed by atoms with Gasteiger partial charge in [0.05, 0.1) is 12.5 Å². The summed E-state index contributed by atoms with van der Waals surface area (Å²) in [7, 11) is -1.34. The molecule has 0 saturated heterocycles. The Morgan fingerprint density at radius 3 is 1.35 bits per heavy atom. The number of hydrogen-bond donors (Lipinski definition) is 0. The van der Waals surface area contributed by atoms with Crippen LogP contribution in [0.4, 0.5) is 0 Å². The van der Waals surface area contributed by atoms with Gasteiger partial charge in [-0.05, 0) is 26.9 Å². The van der Waals surface area contributed by atoms with Crippen LogP contribution in [0.3, 0.4) is 0 Å². The van der Waals surface area contributed by atoms with Gasteiger partial charge in [-0.15, -0.1) is 0 Å². The van der Waals surface area contributed by atoms with Gasteiger partial charge in [0.25, 0.3) is 0 Å². The number of methoxy groups -OCH3 is 2. The van der Waals surface area contributed by atoms with Crippen LogP contribution in [0.25, 0.3) is 0 Å². The SMILES string of the molecule is CCO[Si](C)(COC)O[Si](C)(COC)OCC. The Morgan fingerprint density at radius 2 is 1.12 bits per heavy atom. The normalized spacial score (nSPS) is 18.7. The number of ether oxygens (including phenoxy) is 2. The quantitative estimate of drug-likeness (QED) is 0.569. The second-order valence-electron chi connectivity index (χ2n) is 4.10. The Hall–Kier alpha value is 0.234. The first-order valence-electron chi connectivity index (χ1n) is 5.91. The average Bonchev–Trinajstić information content (AvgIpc) is 2.17. The topological polar surface area (TPSA) is 46.2 Å². The molecule has 0 aromatic carbocycles. The van der Waals surface area contributed by atoms with Crippen molar-refractivity contribution in [1.82, 2.24) is 0 Å². The fourth-order valence-electron chi connectivity index (χ4n) is 1.79. The van der Waals surface area contributed by atoms with Crippen molar-refractivity contribution < 1.29 is 22.4 Å². The summed E-state index contributed by atoms with van der Waals surface area (Å²) < 4.78 is 28.1. The minimum Gasteiger partial charge on any atom is -0.412 e. The van der Waals surface area contributed by atoms with Crippen molar-refractivity contribution in [2.45, 2.75) is 26.9 Å². The number of rotatable bonds is 10. The predicted octanol–water partition coefficient (Wildman–Crippen LogP) is 1.59. The maximum atomic E-state index is 6.17. The second kappa shape index (κ2) is 8.36. The van der Waals surface area contributed by atoms with E-state index < -0.39 is 17.1 Å². The molecular weight excluding hydrogens is 256 g/mol. The van der Waals surface area contributed by atoms with Crippen LogP contribution in [0, 0.1) is 0 Å². The molecule has 0 radical (unpaired) electrons. The lowest BCUT2D eigenvalue weighted by molar-refractivity contribution is 0.132. The molecule has 0 N–H and O–H groups in total. The highest BCUT2D eigenvalue weighted by atomic mass is 28.5. The molecular formula is C10H26O5Si2. The Bertz CT molecular complexity index is 171. The van der Waals surface area contributed by atoms with Crippen LogP contribution in [0.15, 0.2) is 0 Å². The van der Waals surface area contributed by atoms with Crippen molar-refractivity contribution in [3.05, 3.63) is 0 Å². The summed E-state index contributed by atoms with van der Waals surface area (Å²) in [5.41, 5.74) is 0. The lowest BCUT2D eigenvalue weighted by Gasteiger charge is -2.35. The van der Waals surface area contributed by atoms with Gasteiger partial charge in [-0.25, -0.2) is 0 Å². The summed E-state index contributed by atoms with van der Waals surface area (Å²) in [6.07, 6.45) is 1.00. The zero-order chi connectivity index (χ0) is 13.4. The first-order valence-corrected chi connectivity index (χ1v) is 11.0. The fourth-order valence-corrected chi connectivity index (χ4v) is 8.83. The first-order chi connectivity index (χ1) is 7.95. The zero-order valence-electron chi connectivity index (χ0n) is 11.9. The molecule has 2 atom stereocenters. The molecule has 7 heteroatoms. The maximum absolute atomic E-state index is 6.17. The molecule has 0 aliphatic rings. The third-order valence-electron chi connectivity index (χ3n) is 2.14. The third-order valence-corrected chi connectivity index (χ3v) is 9.02. The van der Waals surface area contributed by atoms with Gasteiger partial charge in [0, 0.05) is 27.4 Å². The molecule has 2 unspecified atom stereocenters. The van der Waals surface area contributed by atoms with E-state index in [1.807, 2.05) is 26.9 Å². The molecule has 0 aliphatic carbocycles. The summed E-state index contributed by atoms with van der Waals surface area (Å²) in [5.74, 6) is 0. The summed E-state index contributed by atoms with van der Waals surface area (Å²) in [5, 5.41) is 0. The Morgan fingerprint density at radius 1 is 0.765 bits per heavy atom. The molecule has 0 aliphatic heterocycles. The lowest BCUT2D eigenvalue weighted by atomic mass is 10.9. The molecule has 0 bridgehead atoms. The van der Waals surface area contributed by atoms with E-state index in [1.165, 1.54) is 0 Å². The Balaban J connectivity index is 4.65. The highest BCUT2D eigenvalue weighted by Gasteiger charge is 2.43. The van der Waals surface area contributed by atoms with E-state index in [0.717, 1.165) is 0 Å². The molecule has 0 fully saturated rings. The molecule has 0 saturated carbocycles. The second-order valence-corrected chi connectivity index (χ2v) is 10.6. The molecule has 17 heavy (non-hydrogen) atoms. The zero-order valence-corrected chi connectivity index (χ0v) is 13.9. The molecule has 0 amide bonds. The van der Waals surface area contributed by atoms with E-state index in [0.29, 0.717) is 25.7 Å². The van der Waals surface area contributed by atoms with E-state index in [-0.39, 0.29) is 0 Å². The van der Waals surface area contributed by atoms with E-state index in [1.54, 1.807) is 14.2 Å². The third kappa shape index (κ3) is 6.65. The summed E-state index contributed by atoms with van der Waals surface area (Å²) in [4.78, 5) is 0. The summed E-state index contributed by atoms with van der Waals surface area (Å²) in [6.45, 7) is 9.16. The summed E-state index contributed by atoms with van der Waals surface area (Å²) in [6, 6.07) is 0. The standard InChI is InChI=1S/C10H26O5Si2/c1-7-13-16(5,9-11-3)15-17(6,10-12-4)14-8-2/h7-10H2,1-6H3. The lowest BCUT2D eigenvalue weighted by Crippen LogP contribution is -2.57. The van der Waals surface area contributed by atoms with Crippen LogP contribution in [-0.2, 0) is 22.4 Å². The van der Waals surface area contributed by atoms with Gasteiger partial charge in [0.1, 0.15) is 0 Å². The van der Waals surface area contributed by atoms with Gasteiger partial charge in [0.15, 0.2) is 0 Å². The van der Waals surface area contributed by atoms with Gasteiger partial charge in [-0.3, -0.25) is 0 Å².